The highest BCUT2D eigenvalue weighted by Gasteiger charge is 2.08. The minimum Gasteiger partial charge on any atom is -0.493 e. The molecule has 21 heavy (non-hydrogen) atoms. The van der Waals surface area contributed by atoms with Crippen molar-refractivity contribution in [2.75, 3.05) is 13.7 Å². The van der Waals surface area contributed by atoms with Gasteiger partial charge in [0, 0.05) is 6.07 Å². The smallest absolute Gasteiger partial charge is 0.356 e. The molecular weight excluding hydrogens is 276 g/mol. The van der Waals surface area contributed by atoms with Gasteiger partial charge in [-0.15, -0.1) is 0 Å². The van der Waals surface area contributed by atoms with Gasteiger partial charge in [-0.05, 0) is 18.2 Å². The number of carboxylic acid groups (broad SMARTS) is 1. The van der Waals surface area contributed by atoms with E-state index in [1.165, 1.54) is 19.2 Å². The van der Waals surface area contributed by atoms with Crippen molar-refractivity contribution >= 4 is 5.97 Å². The molecule has 0 atom stereocenters. The zero-order valence-corrected chi connectivity index (χ0v) is 11.4. The summed E-state index contributed by atoms with van der Waals surface area (Å²) in [5.41, 5.74) is -0.574. The van der Waals surface area contributed by atoms with E-state index in [2.05, 4.69) is 5.10 Å². The average Bonchev–Trinajstić information content (AvgIpc) is 2.49. The maximum Gasteiger partial charge on any atom is 0.356 e. The van der Waals surface area contributed by atoms with Gasteiger partial charge < -0.3 is 14.6 Å². The Bertz CT molecular complexity index is 696. The van der Waals surface area contributed by atoms with Crippen LogP contribution in [-0.2, 0) is 6.54 Å². The molecule has 0 radical (unpaired) electrons. The maximum atomic E-state index is 11.6. The summed E-state index contributed by atoms with van der Waals surface area (Å²) in [4.78, 5) is 22.4. The minimum atomic E-state index is -1.19. The molecule has 0 saturated carbocycles. The van der Waals surface area contributed by atoms with Crippen LogP contribution in [0, 0.1) is 0 Å². The molecule has 2 rings (SSSR count). The molecular formula is C14H14N2O5. The predicted molar refractivity (Wildman–Crippen MR) is 73.9 cm³/mol. The zero-order chi connectivity index (χ0) is 15.2. The van der Waals surface area contributed by atoms with E-state index in [-0.39, 0.29) is 24.4 Å². The van der Waals surface area contributed by atoms with Crippen LogP contribution in [0.5, 0.6) is 11.5 Å². The van der Waals surface area contributed by atoms with Gasteiger partial charge in [-0.25, -0.2) is 9.48 Å². The van der Waals surface area contributed by atoms with Crippen molar-refractivity contribution in [1.29, 1.82) is 0 Å². The van der Waals surface area contributed by atoms with Crippen LogP contribution in [-0.4, -0.2) is 34.6 Å². The van der Waals surface area contributed by atoms with E-state index in [0.29, 0.717) is 11.5 Å². The lowest BCUT2D eigenvalue weighted by atomic mass is 10.3. The van der Waals surface area contributed by atoms with E-state index in [1.807, 2.05) is 6.07 Å². The minimum absolute atomic E-state index is 0.137. The second-order valence-electron chi connectivity index (χ2n) is 4.08. The molecule has 110 valence electrons. The summed E-state index contributed by atoms with van der Waals surface area (Å²) >= 11 is 0. The molecule has 0 fully saturated rings. The van der Waals surface area contributed by atoms with E-state index in [0.717, 1.165) is 4.68 Å². The number of carboxylic acids is 1. The van der Waals surface area contributed by atoms with E-state index in [1.54, 1.807) is 18.2 Å². The van der Waals surface area contributed by atoms with Gasteiger partial charge in [0.25, 0.3) is 5.56 Å². The SMILES string of the molecule is COc1ccccc1OCCn1nc(C(=O)O)ccc1=O. The monoisotopic (exact) mass is 290 g/mol. The van der Waals surface area contributed by atoms with Crippen LogP contribution < -0.4 is 15.0 Å². The van der Waals surface area contributed by atoms with Gasteiger partial charge in [0.2, 0.25) is 0 Å². The van der Waals surface area contributed by atoms with Crippen molar-refractivity contribution in [3.05, 3.63) is 52.4 Å². The fraction of sp³-hybridized carbons (Fsp3) is 0.214. The molecule has 2 aromatic rings. The highest BCUT2D eigenvalue weighted by atomic mass is 16.5. The van der Waals surface area contributed by atoms with Crippen molar-refractivity contribution in [3.63, 3.8) is 0 Å². The van der Waals surface area contributed by atoms with E-state index >= 15 is 0 Å². The summed E-state index contributed by atoms with van der Waals surface area (Å²) in [6, 6.07) is 9.44. The number of aromatic nitrogens is 2. The Morgan fingerprint density at radius 3 is 2.62 bits per heavy atom. The number of para-hydroxylation sites is 2. The third kappa shape index (κ3) is 3.59. The fourth-order valence-electron chi connectivity index (χ4n) is 1.70. The van der Waals surface area contributed by atoms with Crippen LogP contribution in [0.1, 0.15) is 10.5 Å². The largest absolute Gasteiger partial charge is 0.493 e. The number of methoxy groups -OCH3 is 1. The molecule has 0 spiro atoms. The highest BCUT2D eigenvalue weighted by molar-refractivity contribution is 5.84. The number of carbonyl (C=O) groups is 1. The van der Waals surface area contributed by atoms with Crippen LogP contribution in [0.2, 0.25) is 0 Å². The molecule has 1 aromatic heterocycles. The summed E-state index contributed by atoms with van der Waals surface area (Å²) in [6.45, 7) is 0.300. The summed E-state index contributed by atoms with van der Waals surface area (Å²) in [7, 11) is 1.53. The first-order chi connectivity index (χ1) is 10.1. The van der Waals surface area contributed by atoms with Crippen LogP contribution in [0.15, 0.2) is 41.2 Å². The molecule has 7 heteroatoms. The predicted octanol–water partition coefficient (Wildman–Crippen LogP) is 1.03. The number of nitrogens with zero attached hydrogens (tertiary/aromatic N) is 2. The molecule has 1 aromatic carbocycles. The van der Waals surface area contributed by atoms with Crippen LogP contribution in [0.3, 0.4) is 0 Å². The first-order valence-electron chi connectivity index (χ1n) is 6.19. The Morgan fingerprint density at radius 2 is 1.95 bits per heavy atom. The lowest BCUT2D eigenvalue weighted by molar-refractivity contribution is 0.0687. The van der Waals surface area contributed by atoms with Gasteiger partial charge in [0.15, 0.2) is 17.2 Å². The molecule has 1 heterocycles. The number of hydrogen-bond acceptors (Lipinski definition) is 5. The third-order valence-electron chi connectivity index (χ3n) is 2.72. The molecule has 7 nitrogen and oxygen atoms in total. The molecule has 0 bridgehead atoms. The highest BCUT2D eigenvalue weighted by Crippen LogP contribution is 2.25. The number of ether oxygens (including phenoxy) is 2. The second-order valence-corrected chi connectivity index (χ2v) is 4.08. The van der Waals surface area contributed by atoms with Crippen molar-refractivity contribution in [3.8, 4) is 11.5 Å². The zero-order valence-electron chi connectivity index (χ0n) is 11.4. The van der Waals surface area contributed by atoms with Gasteiger partial charge in [-0.1, -0.05) is 12.1 Å². The maximum absolute atomic E-state index is 11.6. The number of aromatic carboxylic acids is 1. The summed E-state index contributed by atoms with van der Waals surface area (Å²) in [6.07, 6.45) is 0. The number of benzene rings is 1. The second kappa shape index (κ2) is 6.56. The van der Waals surface area contributed by atoms with Gasteiger partial charge >= 0.3 is 5.97 Å². The lowest BCUT2D eigenvalue weighted by Crippen LogP contribution is -2.26. The number of hydrogen-bond donors (Lipinski definition) is 1. The van der Waals surface area contributed by atoms with Gasteiger partial charge in [-0.3, -0.25) is 4.79 Å². The quantitative estimate of drug-likeness (QED) is 0.854. The van der Waals surface area contributed by atoms with Crippen LogP contribution in [0.4, 0.5) is 0 Å². The molecule has 0 aliphatic rings. The van der Waals surface area contributed by atoms with Crippen molar-refractivity contribution in [2.24, 2.45) is 0 Å². The first kappa shape index (κ1) is 14.6. The molecule has 0 aliphatic heterocycles. The number of rotatable bonds is 6. The molecule has 1 N–H and O–H groups in total. The third-order valence-corrected chi connectivity index (χ3v) is 2.72. The average molecular weight is 290 g/mol. The molecule has 0 saturated heterocycles. The van der Waals surface area contributed by atoms with E-state index < -0.39 is 5.97 Å². The normalized spacial score (nSPS) is 10.1. The van der Waals surface area contributed by atoms with Crippen molar-refractivity contribution in [1.82, 2.24) is 9.78 Å². The Hall–Kier alpha value is -2.83. The molecule has 0 amide bonds. The topological polar surface area (TPSA) is 90.7 Å². The fourth-order valence-corrected chi connectivity index (χ4v) is 1.70. The van der Waals surface area contributed by atoms with Gasteiger partial charge in [-0.2, -0.15) is 5.10 Å². The Morgan fingerprint density at radius 1 is 1.24 bits per heavy atom. The van der Waals surface area contributed by atoms with Crippen LogP contribution >= 0.6 is 0 Å². The van der Waals surface area contributed by atoms with E-state index in [4.69, 9.17) is 14.6 Å². The summed E-state index contributed by atoms with van der Waals surface area (Å²) < 4.78 is 11.7. The Labute approximate surface area is 120 Å². The first-order valence-corrected chi connectivity index (χ1v) is 6.19. The van der Waals surface area contributed by atoms with Crippen molar-refractivity contribution < 1.29 is 19.4 Å². The van der Waals surface area contributed by atoms with E-state index in [9.17, 15) is 9.59 Å². The Kier molecular flexibility index (Phi) is 4.55. The summed E-state index contributed by atoms with van der Waals surface area (Å²) in [5, 5.41) is 12.6. The van der Waals surface area contributed by atoms with Gasteiger partial charge in [0.1, 0.15) is 6.61 Å². The standard InChI is InChI=1S/C14H14N2O5/c1-20-11-4-2-3-5-12(11)21-9-8-16-13(17)7-6-10(15-16)14(18)19/h2-7H,8-9H2,1H3,(H,18,19). The van der Waals surface area contributed by atoms with Crippen LogP contribution in [0.25, 0.3) is 0 Å². The lowest BCUT2D eigenvalue weighted by Gasteiger charge is -2.10. The van der Waals surface area contributed by atoms with Gasteiger partial charge in [0.05, 0.1) is 13.7 Å². The summed E-state index contributed by atoms with van der Waals surface area (Å²) in [5.74, 6) is -0.0612. The molecule has 0 unspecified atom stereocenters. The Balaban J connectivity index is 2.05. The molecule has 0 aliphatic carbocycles. The van der Waals surface area contributed by atoms with Crippen molar-refractivity contribution in [2.45, 2.75) is 6.54 Å².